The average molecular weight is 390 g/mol. The fraction of sp³-hybridized carbons (Fsp3) is 0.316. The van der Waals surface area contributed by atoms with Crippen LogP contribution in [-0.4, -0.2) is 35.1 Å². The summed E-state index contributed by atoms with van der Waals surface area (Å²) >= 11 is 0. The standard InChI is InChI=1S/C19H22N2O5S/c1-13(22)21-8-4-5-14-9-18(6-7-19(14)21)27(23,24)20-15-10-16(25-2)12-17(11-15)26-3/h6-7,9-12,20H,4-5,8H2,1-3H3. The van der Waals surface area contributed by atoms with Crippen LogP contribution >= 0.6 is 0 Å². The number of rotatable bonds is 5. The number of sulfonamides is 1. The lowest BCUT2D eigenvalue weighted by Crippen LogP contribution is -2.33. The van der Waals surface area contributed by atoms with E-state index in [-0.39, 0.29) is 10.8 Å². The predicted octanol–water partition coefficient (Wildman–Crippen LogP) is 2.80. The predicted molar refractivity (Wildman–Crippen MR) is 103 cm³/mol. The van der Waals surface area contributed by atoms with Crippen LogP contribution in [-0.2, 0) is 21.2 Å². The van der Waals surface area contributed by atoms with Crippen molar-refractivity contribution in [3.05, 3.63) is 42.0 Å². The molecule has 0 saturated carbocycles. The van der Waals surface area contributed by atoms with E-state index in [1.54, 1.807) is 35.2 Å². The van der Waals surface area contributed by atoms with Crippen molar-refractivity contribution in [2.45, 2.75) is 24.7 Å². The maximum absolute atomic E-state index is 12.8. The minimum absolute atomic E-state index is 0.0480. The molecule has 0 aromatic heterocycles. The highest BCUT2D eigenvalue weighted by Crippen LogP contribution is 2.31. The van der Waals surface area contributed by atoms with Crippen LogP contribution in [0.1, 0.15) is 18.9 Å². The van der Waals surface area contributed by atoms with Crippen molar-refractivity contribution >= 4 is 27.3 Å². The molecule has 1 heterocycles. The summed E-state index contributed by atoms with van der Waals surface area (Å²) in [5.41, 5.74) is 1.97. The van der Waals surface area contributed by atoms with E-state index in [1.807, 2.05) is 0 Å². The van der Waals surface area contributed by atoms with Crippen molar-refractivity contribution in [2.24, 2.45) is 0 Å². The molecule has 0 radical (unpaired) electrons. The van der Waals surface area contributed by atoms with Crippen molar-refractivity contribution in [3.63, 3.8) is 0 Å². The summed E-state index contributed by atoms with van der Waals surface area (Å²) in [6.07, 6.45) is 1.53. The first-order valence-corrected chi connectivity index (χ1v) is 9.99. The van der Waals surface area contributed by atoms with E-state index in [9.17, 15) is 13.2 Å². The molecule has 0 atom stereocenters. The highest BCUT2D eigenvalue weighted by molar-refractivity contribution is 7.92. The molecule has 1 N–H and O–H groups in total. The molecule has 0 aliphatic carbocycles. The highest BCUT2D eigenvalue weighted by atomic mass is 32.2. The van der Waals surface area contributed by atoms with Gasteiger partial charge in [-0.05, 0) is 36.6 Å². The smallest absolute Gasteiger partial charge is 0.261 e. The molecule has 27 heavy (non-hydrogen) atoms. The third kappa shape index (κ3) is 4.00. The molecule has 0 fully saturated rings. The van der Waals surface area contributed by atoms with E-state index in [1.165, 1.54) is 27.2 Å². The number of nitrogens with zero attached hydrogens (tertiary/aromatic N) is 1. The molecule has 0 bridgehead atoms. The van der Waals surface area contributed by atoms with Gasteiger partial charge in [0.25, 0.3) is 10.0 Å². The number of benzene rings is 2. The summed E-state index contributed by atoms with van der Waals surface area (Å²) in [7, 11) is -0.804. The van der Waals surface area contributed by atoms with E-state index in [2.05, 4.69) is 4.72 Å². The molecule has 1 aliphatic rings. The Balaban J connectivity index is 1.93. The van der Waals surface area contributed by atoms with Crippen molar-refractivity contribution in [1.29, 1.82) is 0 Å². The molecule has 2 aromatic rings. The number of nitrogens with one attached hydrogen (secondary N) is 1. The fourth-order valence-corrected chi connectivity index (χ4v) is 4.24. The van der Waals surface area contributed by atoms with Gasteiger partial charge < -0.3 is 14.4 Å². The molecule has 1 aliphatic heterocycles. The van der Waals surface area contributed by atoms with Crippen LogP contribution in [0.2, 0.25) is 0 Å². The van der Waals surface area contributed by atoms with E-state index in [0.717, 1.165) is 24.1 Å². The molecular formula is C19H22N2O5S. The highest BCUT2D eigenvalue weighted by Gasteiger charge is 2.23. The second-order valence-electron chi connectivity index (χ2n) is 6.27. The maximum atomic E-state index is 12.8. The van der Waals surface area contributed by atoms with Crippen molar-refractivity contribution in [1.82, 2.24) is 0 Å². The largest absolute Gasteiger partial charge is 0.497 e. The monoisotopic (exact) mass is 390 g/mol. The summed E-state index contributed by atoms with van der Waals surface area (Å²) in [5, 5.41) is 0. The van der Waals surface area contributed by atoms with Gasteiger partial charge >= 0.3 is 0 Å². The van der Waals surface area contributed by atoms with Gasteiger partial charge in [-0.2, -0.15) is 0 Å². The van der Waals surface area contributed by atoms with E-state index < -0.39 is 10.0 Å². The lowest BCUT2D eigenvalue weighted by molar-refractivity contribution is -0.116. The van der Waals surface area contributed by atoms with Crippen LogP contribution in [0.3, 0.4) is 0 Å². The minimum Gasteiger partial charge on any atom is -0.497 e. The first-order chi connectivity index (χ1) is 12.8. The van der Waals surface area contributed by atoms with Crippen molar-refractivity contribution < 1.29 is 22.7 Å². The second kappa shape index (κ2) is 7.48. The van der Waals surface area contributed by atoms with Gasteiger partial charge in [0.15, 0.2) is 0 Å². The molecule has 0 saturated heterocycles. The van der Waals surface area contributed by atoms with Crippen LogP contribution in [0, 0.1) is 0 Å². The first kappa shape index (κ1) is 19.0. The van der Waals surface area contributed by atoms with Crippen molar-refractivity contribution in [3.8, 4) is 11.5 Å². The Bertz CT molecular complexity index is 950. The summed E-state index contributed by atoms with van der Waals surface area (Å²) in [6.45, 7) is 2.16. The Hall–Kier alpha value is -2.74. The van der Waals surface area contributed by atoms with Gasteiger partial charge in [-0.15, -0.1) is 0 Å². The Kier molecular flexibility index (Phi) is 5.27. The van der Waals surface area contributed by atoms with Crippen LogP contribution < -0.4 is 19.1 Å². The van der Waals surface area contributed by atoms with Gasteiger partial charge in [0, 0.05) is 37.4 Å². The van der Waals surface area contributed by atoms with Crippen LogP contribution in [0.15, 0.2) is 41.3 Å². The minimum atomic E-state index is -3.80. The van der Waals surface area contributed by atoms with Gasteiger partial charge in [0.2, 0.25) is 5.91 Å². The molecule has 0 spiro atoms. The average Bonchev–Trinajstić information content (AvgIpc) is 2.66. The van der Waals surface area contributed by atoms with E-state index in [4.69, 9.17) is 9.47 Å². The number of aryl methyl sites for hydroxylation is 1. The van der Waals surface area contributed by atoms with E-state index in [0.29, 0.717) is 23.7 Å². The topological polar surface area (TPSA) is 84.9 Å². The molecule has 144 valence electrons. The maximum Gasteiger partial charge on any atom is 0.261 e. The molecule has 3 rings (SSSR count). The van der Waals surface area contributed by atoms with Gasteiger partial charge in [-0.25, -0.2) is 8.42 Å². The number of ether oxygens (including phenoxy) is 2. The number of carbonyl (C=O) groups is 1. The number of fused-ring (bicyclic) bond motifs is 1. The first-order valence-electron chi connectivity index (χ1n) is 8.51. The fourth-order valence-electron chi connectivity index (χ4n) is 3.15. The third-order valence-electron chi connectivity index (χ3n) is 4.46. The molecule has 2 aromatic carbocycles. The zero-order chi connectivity index (χ0) is 19.6. The second-order valence-corrected chi connectivity index (χ2v) is 7.95. The van der Waals surface area contributed by atoms with Gasteiger partial charge in [0.1, 0.15) is 11.5 Å². The summed E-state index contributed by atoms with van der Waals surface area (Å²) in [4.78, 5) is 13.6. The third-order valence-corrected chi connectivity index (χ3v) is 5.84. The number of hydrogen-bond acceptors (Lipinski definition) is 5. The molecular weight excluding hydrogens is 368 g/mol. The Morgan fingerprint density at radius 2 is 1.74 bits per heavy atom. The SMILES string of the molecule is COc1cc(NS(=O)(=O)c2ccc3c(c2)CCCN3C(C)=O)cc(OC)c1. The number of amides is 1. The molecule has 0 unspecified atom stereocenters. The number of hydrogen-bond donors (Lipinski definition) is 1. The van der Waals surface area contributed by atoms with Crippen LogP contribution in [0.25, 0.3) is 0 Å². The Labute approximate surface area is 158 Å². The van der Waals surface area contributed by atoms with Gasteiger partial charge in [-0.1, -0.05) is 0 Å². The lowest BCUT2D eigenvalue weighted by atomic mass is 10.0. The number of methoxy groups -OCH3 is 2. The zero-order valence-electron chi connectivity index (χ0n) is 15.5. The summed E-state index contributed by atoms with van der Waals surface area (Å²) in [6, 6.07) is 9.65. The number of anilines is 2. The van der Waals surface area contributed by atoms with Gasteiger partial charge in [0.05, 0.1) is 24.8 Å². The van der Waals surface area contributed by atoms with E-state index >= 15 is 0 Å². The molecule has 7 nitrogen and oxygen atoms in total. The normalized spacial score (nSPS) is 13.7. The number of carbonyl (C=O) groups excluding carboxylic acids is 1. The quantitative estimate of drug-likeness (QED) is 0.849. The zero-order valence-corrected chi connectivity index (χ0v) is 16.3. The Morgan fingerprint density at radius 3 is 2.33 bits per heavy atom. The molecule has 8 heteroatoms. The molecule has 1 amide bonds. The lowest BCUT2D eigenvalue weighted by Gasteiger charge is -2.28. The van der Waals surface area contributed by atoms with Crippen LogP contribution in [0.4, 0.5) is 11.4 Å². The summed E-state index contributed by atoms with van der Waals surface area (Å²) in [5.74, 6) is 0.914. The summed E-state index contributed by atoms with van der Waals surface area (Å²) < 4.78 is 38.6. The Morgan fingerprint density at radius 1 is 1.07 bits per heavy atom. The van der Waals surface area contributed by atoms with Gasteiger partial charge in [-0.3, -0.25) is 9.52 Å². The van der Waals surface area contributed by atoms with Crippen molar-refractivity contribution in [2.75, 3.05) is 30.4 Å². The van der Waals surface area contributed by atoms with Crippen LogP contribution in [0.5, 0.6) is 11.5 Å².